The first-order valence-electron chi connectivity index (χ1n) is 4.42. The standard InChI is InChI=1S/C9H13N5/c1-7-3-9(10)12-14(7)5-8-4-11-6-13(8)2/h3-4,6H,5H2,1-2H3,(H2,10,12). The predicted octanol–water partition coefficient (Wildman–Crippen LogP) is 0.556. The predicted molar refractivity (Wildman–Crippen MR) is 53.7 cm³/mol. The van der Waals surface area contributed by atoms with Gasteiger partial charge in [0.15, 0.2) is 0 Å². The van der Waals surface area contributed by atoms with E-state index in [-0.39, 0.29) is 0 Å². The Labute approximate surface area is 82.2 Å². The summed E-state index contributed by atoms with van der Waals surface area (Å²) < 4.78 is 3.84. The van der Waals surface area contributed by atoms with E-state index in [1.165, 1.54) is 0 Å². The van der Waals surface area contributed by atoms with Gasteiger partial charge in [-0.1, -0.05) is 0 Å². The van der Waals surface area contributed by atoms with Gasteiger partial charge in [-0.3, -0.25) is 4.68 Å². The number of hydrogen-bond donors (Lipinski definition) is 1. The summed E-state index contributed by atoms with van der Waals surface area (Å²) in [5.41, 5.74) is 7.76. The van der Waals surface area contributed by atoms with Gasteiger partial charge >= 0.3 is 0 Å². The van der Waals surface area contributed by atoms with Crippen LogP contribution in [0.15, 0.2) is 18.6 Å². The lowest BCUT2D eigenvalue weighted by Crippen LogP contribution is -2.07. The summed E-state index contributed by atoms with van der Waals surface area (Å²) in [6.45, 7) is 2.69. The van der Waals surface area contributed by atoms with Crippen molar-refractivity contribution < 1.29 is 0 Å². The van der Waals surface area contributed by atoms with E-state index in [1.807, 2.05) is 35.5 Å². The van der Waals surface area contributed by atoms with Crippen molar-refractivity contribution in [2.45, 2.75) is 13.5 Å². The molecule has 5 heteroatoms. The average molecular weight is 191 g/mol. The zero-order valence-electron chi connectivity index (χ0n) is 8.31. The molecule has 0 saturated carbocycles. The first-order chi connectivity index (χ1) is 6.66. The fraction of sp³-hybridized carbons (Fsp3) is 0.333. The van der Waals surface area contributed by atoms with Crippen molar-refractivity contribution in [3.05, 3.63) is 30.0 Å². The van der Waals surface area contributed by atoms with E-state index in [0.29, 0.717) is 12.4 Å². The molecule has 0 atom stereocenters. The fourth-order valence-electron chi connectivity index (χ4n) is 1.39. The molecule has 0 bridgehead atoms. The van der Waals surface area contributed by atoms with Crippen molar-refractivity contribution in [2.24, 2.45) is 7.05 Å². The molecular weight excluding hydrogens is 178 g/mol. The van der Waals surface area contributed by atoms with Crippen LogP contribution in [0.5, 0.6) is 0 Å². The second-order valence-electron chi connectivity index (χ2n) is 3.36. The average Bonchev–Trinajstić information content (AvgIpc) is 2.62. The summed E-state index contributed by atoms with van der Waals surface area (Å²) in [5, 5.41) is 4.18. The highest BCUT2D eigenvalue weighted by atomic mass is 15.3. The van der Waals surface area contributed by atoms with E-state index in [4.69, 9.17) is 5.73 Å². The molecule has 74 valence electrons. The van der Waals surface area contributed by atoms with Gasteiger partial charge in [0.2, 0.25) is 0 Å². The highest BCUT2D eigenvalue weighted by Gasteiger charge is 2.04. The zero-order chi connectivity index (χ0) is 10.1. The number of aryl methyl sites for hydroxylation is 2. The van der Waals surface area contributed by atoms with Crippen molar-refractivity contribution in [3.8, 4) is 0 Å². The van der Waals surface area contributed by atoms with E-state index < -0.39 is 0 Å². The van der Waals surface area contributed by atoms with Crippen molar-refractivity contribution in [3.63, 3.8) is 0 Å². The van der Waals surface area contributed by atoms with Crippen molar-refractivity contribution in [1.82, 2.24) is 19.3 Å². The molecule has 5 nitrogen and oxygen atoms in total. The Hall–Kier alpha value is -1.78. The number of imidazole rings is 1. The van der Waals surface area contributed by atoms with Gasteiger partial charge in [-0.25, -0.2) is 4.98 Å². The third-order valence-electron chi connectivity index (χ3n) is 2.23. The monoisotopic (exact) mass is 191 g/mol. The molecule has 0 amide bonds. The lowest BCUT2D eigenvalue weighted by atomic mass is 10.4. The molecule has 2 aromatic rings. The summed E-state index contributed by atoms with van der Waals surface area (Å²) in [6.07, 6.45) is 3.61. The summed E-state index contributed by atoms with van der Waals surface area (Å²) in [5.74, 6) is 0.560. The molecule has 0 spiro atoms. The maximum Gasteiger partial charge on any atom is 0.145 e. The Kier molecular flexibility index (Phi) is 1.99. The van der Waals surface area contributed by atoms with Crippen molar-refractivity contribution in [2.75, 3.05) is 5.73 Å². The molecule has 0 saturated heterocycles. The molecule has 2 heterocycles. The Morgan fingerprint density at radius 1 is 1.50 bits per heavy atom. The van der Waals surface area contributed by atoms with Gasteiger partial charge in [0.25, 0.3) is 0 Å². The summed E-state index contributed by atoms with van der Waals surface area (Å²) in [4.78, 5) is 4.04. The van der Waals surface area contributed by atoms with E-state index in [2.05, 4.69) is 10.1 Å². The van der Waals surface area contributed by atoms with Crippen LogP contribution in [0.4, 0.5) is 5.82 Å². The molecule has 2 aromatic heterocycles. The maximum atomic E-state index is 5.59. The molecule has 0 unspecified atom stereocenters. The van der Waals surface area contributed by atoms with E-state index >= 15 is 0 Å². The van der Waals surface area contributed by atoms with Gasteiger partial charge in [0.1, 0.15) is 5.82 Å². The molecule has 0 aromatic carbocycles. The van der Waals surface area contributed by atoms with Gasteiger partial charge < -0.3 is 10.3 Å². The Bertz CT molecular complexity index is 440. The molecule has 0 fully saturated rings. The molecule has 0 aliphatic heterocycles. The third-order valence-corrected chi connectivity index (χ3v) is 2.23. The topological polar surface area (TPSA) is 61.7 Å². The van der Waals surface area contributed by atoms with Crippen molar-refractivity contribution in [1.29, 1.82) is 0 Å². The third kappa shape index (κ3) is 1.48. The Balaban J connectivity index is 2.27. The molecule has 0 radical (unpaired) electrons. The van der Waals surface area contributed by atoms with E-state index in [0.717, 1.165) is 11.4 Å². The second-order valence-corrected chi connectivity index (χ2v) is 3.36. The minimum atomic E-state index is 0.560. The number of nitrogen functional groups attached to an aromatic ring is 1. The van der Waals surface area contributed by atoms with Crippen molar-refractivity contribution >= 4 is 5.82 Å². The van der Waals surface area contributed by atoms with Crippen LogP contribution in [0, 0.1) is 6.92 Å². The number of aromatic nitrogens is 4. The Morgan fingerprint density at radius 2 is 2.29 bits per heavy atom. The molecule has 0 aliphatic rings. The first kappa shape index (κ1) is 8.80. The Morgan fingerprint density at radius 3 is 2.79 bits per heavy atom. The van der Waals surface area contributed by atoms with Gasteiger partial charge in [-0.15, -0.1) is 0 Å². The molecule has 0 aliphatic carbocycles. The highest BCUT2D eigenvalue weighted by Crippen LogP contribution is 2.07. The minimum absolute atomic E-state index is 0.560. The van der Waals surface area contributed by atoms with Gasteiger partial charge in [0.05, 0.1) is 24.8 Å². The van der Waals surface area contributed by atoms with Gasteiger partial charge in [-0.2, -0.15) is 5.10 Å². The largest absolute Gasteiger partial charge is 0.382 e. The lowest BCUT2D eigenvalue weighted by molar-refractivity contribution is 0.634. The van der Waals surface area contributed by atoms with Crippen LogP contribution in [-0.2, 0) is 13.6 Å². The van der Waals surface area contributed by atoms with Crippen LogP contribution >= 0.6 is 0 Å². The quantitative estimate of drug-likeness (QED) is 0.754. The molecule has 14 heavy (non-hydrogen) atoms. The maximum absolute atomic E-state index is 5.59. The van der Waals surface area contributed by atoms with Crippen LogP contribution in [0.3, 0.4) is 0 Å². The number of rotatable bonds is 2. The van der Waals surface area contributed by atoms with Crippen LogP contribution in [-0.4, -0.2) is 19.3 Å². The van der Waals surface area contributed by atoms with Crippen LogP contribution in [0.2, 0.25) is 0 Å². The summed E-state index contributed by atoms with van der Waals surface area (Å²) >= 11 is 0. The lowest BCUT2D eigenvalue weighted by Gasteiger charge is -2.04. The van der Waals surface area contributed by atoms with E-state index in [1.54, 1.807) is 6.33 Å². The minimum Gasteiger partial charge on any atom is -0.382 e. The number of nitrogens with two attached hydrogens (primary N) is 1. The highest BCUT2D eigenvalue weighted by molar-refractivity contribution is 5.29. The fourth-order valence-corrected chi connectivity index (χ4v) is 1.39. The molecular formula is C9H13N5. The number of anilines is 1. The summed E-state index contributed by atoms with van der Waals surface area (Å²) in [7, 11) is 1.96. The SMILES string of the molecule is Cc1cc(N)nn1Cc1cncn1C. The van der Waals surface area contributed by atoms with Crippen LogP contribution < -0.4 is 5.73 Å². The molecule has 2 rings (SSSR count). The number of hydrogen-bond acceptors (Lipinski definition) is 3. The molecule has 2 N–H and O–H groups in total. The normalized spacial score (nSPS) is 10.7. The van der Waals surface area contributed by atoms with Crippen LogP contribution in [0.25, 0.3) is 0 Å². The smallest absolute Gasteiger partial charge is 0.145 e. The first-order valence-corrected chi connectivity index (χ1v) is 4.42. The zero-order valence-corrected chi connectivity index (χ0v) is 8.31. The number of nitrogens with zero attached hydrogens (tertiary/aromatic N) is 4. The van der Waals surface area contributed by atoms with Crippen LogP contribution in [0.1, 0.15) is 11.4 Å². The second kappa shape index (κ2) is 3.17. The summed E-state index contributed by atoms with van der Waals surface area (Å²) in [6, 6.07) is 1.86. The van der Waals surface area contributed by atoms with E-state index in [9.17, 15) is 0 Å². The van der Waals surface area contributed by atoms with Gasteiger partial charge in [-0.05, 0) is 6.92 Å². The van der Waals surface area contributed by atoms with Gasteiger partial charge in [0, 0.05) is 18.8 Å².